The van der Waals surface area contributed by atoms with Gasteiger partial charge in [0.25, 0.3) is 15.9 Å². The van der Waals surface area contributed by atoms with Crippen LogP contribution in [-0.4, -0.2) is 65.7 Å². The van der Waals surface area contributed by atoms with E-state index in [1.807, 2.05) is 0 Å². The topological polar surface area (TPSA) is 116 Å². The zero-order valence-corrected chi connectivity index (χ0v) is 19.3. The first-order valence-electron chi connectivity index (χ1n) is 10.2. The Bertz CT molecular complexity index is 1310. The SMILES string of the molecule is O=NC1CCc2nc(C(=O)N3CCN(S(=O)(=O)c4cc5cc(Cl)ccc5[nH]4)CC3)sc2C1. The van der Waals surface area contributed by atoms with Crippen molar-refractivity contribution in [3.8, 4) is 0 Å². The predicted octanol–water partition coefficient (Wildman–Crippen LogP) is 3.05. The summed E-state index contributed by atoms with van der Waals surface area (Å²) in [4.78, 5) is 33.8. The van der Waals surface area contributed by atoms with Crippen LogP contribution in [0.25, 0.3) is 10.9 Å². The van der Waals surface area contributed by atoms with Gasteiger partial charge >= 0.3 is 0 Å². The highest BCUT2D eigenvalue weighted by Gasteiger charge is 2.33. The molecule has 5 rings (SSSR count). The summed E-state index contributed by atoms with van der Waals surface area (Å²) in [6.07, 6.45) is 1.84. The van der Waals surface area contributed by atoms with Crippen molar-refractivity contribution in [1.82, 2.24) is 19.2 Å². The van der Waals surface area contributed by atoms with Crippen LogP contribution < -0.4 is 0 Å². The number of aromatic nitrogens is 2. The Kier molecular flexibility index (Phi) is 5.52. The molecule has 1 N–H and O–H groups in total. The van der Waals surface area contributed by atoms with Crippen molar-refractivity contribution < 1.29 is 13.2 Å². The number of aryl methyl sites for hydroxylation is 1. The quantitative estimate of drug-likeness (QED) is 0.561. The van der Waals surface area contributed by atoms with Crippen molar-refractivity contribution in [1.29, 1.82) is 0 Å². The molecule has 1 aliphatic carbocycles. The highest BCUT2D eigenvalue weighted by molar-refractivity contribution is 7.89. The first-order chi connectivity index (χ1) is 15.3. The number of piperazine rings is 1. The zero-order chi connectivity index (χ0) is 22.5. The van der Waals surface area contributed by atoms with Crippen LogP contribution in [0.1, 0.15) is 26.8 Å². The number of halogens is 1. The van der Waals surface area contributed by atoms with Crippen LogP contribution in [-0.2, 0) is 22.9 Å². The molecule has 0 radical (unpaired) electrons. The van der Waals surface area contributed by atoms with Gasteiger partial charge in [-0.15, -0.1) is 11.3 Å². The molecule has 2 aliphatic rings. The fourth-order valence-electron chi connectivity index (χ4n) is 4.16. The number of fused-ring (bicyclic) bond motifs is 2. The Morgan fingerprint density at radius 2 is 2.00 bits per heavy atom. The molecule has 1 aromatic carbocycles. The van der Waals surface area contributed by atoms with Gasteiger partial charge in [0.15, 0.2) is 5.01 Å². The number of rotatable bonds is 4. The predicted molar refractivity (Wildman–Crippen MR) is 122 cm³/mol. The van der Waals surface area contributed by atoms with Gasteiger partial charge in [-0.1, -0.05) is 16.8 Å². The van der Waals surface area contributed by atoms with Crippen LogP contribution in [0.5, 0.6) is 0 Å². The molecular formula is C20H20ClN5O4S2. The molecule has 3 heterocycles. The first kappa shape index (κ1) is 21.5. The molecule has 2 aromatic heterocycles. The molecule has 168 valence electrons. The number of nitrogens with zero attached hydrogens (tertiary/aromatic N) is 4. The summed E-state index contributed by atoms with van der Waals surface area (Å²) in [6, 6.07) is 6.49. The summed E-state index contributed by atoms with van der Waals surface area (Å²) >= 11 is 7.31. The number of amides is 1. The number of nitroso groups, excluding NO2 is 1. The molecule has 3 aromatic rings. The summed E-state index contributed by atoms with van der Waals surface area (Å²) in [6.45, 7) is 0.971. The number of carbonyl (C=O) groups excluding carboxylic acids is 1. The minimum atomic E-state index is -3.72. The van der Waals surface area contributed by atoms with Gasteiger partial charge < -0.3 is 9.88 Å². The number of sulfonamides is 1. The van der Waals surface area contributed by atoms with E-state index >= 15 is 0 Å². The van der Waals surface area contributed by atoms with E-state index in [2.05, 4.69) is 15.1 Å². The summed E-state index contributed by atoms with van der Waals surface area (Å²) < 4.78 is 27.6. The van der Waals surface area contributed by atoms with E-state index in [4.69, 9.17) is 11.6 Å². The van der Waals surface area contributed by atoms with Gasteiger partial charge in [-0.2, -0.15) is 9.21 Å². The van der Waals surface area contributed by atoms with Crippen molar-refractivity contribution in [2.75, 3.05) is 26.2 Å². The van der Waals surface area contributed by atoms with E-state index in [-0.39, 0.29) is 43.2 Å². The number of benzene rings is 1. The molecule has 1 fully saturated rings. The van der Waals surface area contributed by atoms with Crippen LogP contribution in [0.3, 0.4) is 0 Å². The van der Waals surface area contributed by atoms with Gasteiger partial charge in [0.2, 0.25) is 0 Å². The Labute approximate surface area is 193 Å². The molecule has 0 saturated carbocycles. The molecule has 1 atom stereocenters. The molecule has 0 bridgehead atoms. The summed E-state index contributed by atoms with van der Waals surface area (Å²) in [5, 5.41) is 4.90. The van der Waals surface area contributed by atoms with Gasteiger partial charge in [-0.25, -0.2) is 13.4 Å². The van der Waals surface area contributed by atoms with Crippen LogP contribution in [0, 0.1) is 4.91 Å². The Hall–Kier alpha value is -2.34. The molecule has 1 amide bonds. The molecule has 9 nitrogen and oxygen atoms in total. The Morgan fingerprint density at radius 3 is 2.75 bits per heavy atom. The second-order valence-electron chi connectivity index (χ2n) is 7.95. The van der Waals surface area contributed by atoms with Crippen molar-refractivity contribution in [3.05, 3.63) is 49.8 Å². The third kappa shape index (κ3) is 3.83. The summed E-state index contributed by atoms with van der Waals surface area (Å²) in [5.41, 5.74) is 1.57. The summed E-state index contributed by atoms with van der Waals surface area (Å²) in [5.74, 6) is -0.197. The maximum atomic E-state index is 13.1. The molecule has 0 spiro atoms. The highest BCUT2D eigenvalue weighted by atomic mass is 35.5. The second kappa shape index (κ2) is 8.22. The Balaban J connectivity index is 1.28. The van der Waals surface area contributed by atoms with Gasteiger partial charge in [0.05, 0.1) is 11.7 Å². The van der Waals surface area contributed by atoms with Gasteiger partial charge in [-0.05, 0) is 37.1 Å². The third-order valence-electron chi connectivity index (χ3n) is 5.95. The van der Waals surface area contributed by atoms with Gasteiger partial charge in [-0.3, -0.25) is 4.79 Å². The molecule has 1 saturated heterocycles. The fourth-order valence-corrected chi connectivity index (χ4v) is 6.93. The molecular weight excluding hydrogens is 474 g/mol. The minimum absolute atomic E-state index is 0.112. The number of hydrogen-bond acceptors (Lipinski definition) is 7. The van der Waals surface area contributed by atoms with E-state index < -0.39 is 10.0 Å². The molecule has 12 heteroatoms. The smallest absolute Gasteiger partial charge is 0.282 e. The lowest BCUT2D eigenvalue weighted by Crippen LogP contribution is -2.50. The maximum absolute atomic E-state index is 13.1. The average molecular weight is 494 g/mol. The lowest BCUT2D eigenvalue weighted by molar-refractivity contribution is 0.0697. The lowest BCUT2D eigenvalue weighted by atomic mass is 9.99. The van der Waals surface area contributed by atoms with Crippen molar-refractivity contribution in [3.63, 3.8) is 0 Å². The monoisotopic (exact) mass is 493 g/mol. The standard InChI is InChI=1S/C20H20ClN5O4S2/c21-13-1-3-15-12(9-13)10-18(22-15)32(29,30)26-7-5-25(6-8-26)20(27)19-23-16-4-2-14(24-28)11-17(16)31-19/h1,3,9-10,14,22H,2,4-8,11H2. The maximum Gasteiger partial charge on any atom is 0.282 e. The minimum Gasteiger partial charge on any atom is -0.345 e. The first-order valence-corrected chi connectivity index (χ1v) is 12.9. The second-order valence-corrected chi connectivity index (χ2v) is 11.4. The fraction of sp³-hybridized carbons (Fsp3) is 0.400. The number of carbonyl (C=O) groups is 1. The van der Waals surface area contributed by atoms with E-state index in [1.54, 1.807) is 29.2 Å². The van der Waals surface area contributed by atoms with E-state index in [0.29, 0.717) is 34.8 Å². The number of H-pyrrole nitrogens is 1. The third-order valence-corrected chi connectivity index (χ3v) is 9.11. The normalized spacial score (nSPS) is 19.8. The zero-order valence-electron chi connectivity index (χ0n) is 17.0. The van der Waals surface area contributed by atoms with Crippen molar-refractivity contribution >= 4 is 49.8 Å². The molecule has 1 unspecified atom stereocenters. The van der Waals surface area contributed by atoms with Crippen LogP contribution in [0.2, 0.25) is 5.02 Å². The lowest BCUT2D eigenvalue weighted by Gasteiger charge is -2.33. The Morgan fingerprint density at radius 1 is 1.22 bits per heavy atom. The van der Waals surface area contributed by atoms with Crippen LogP contribution in [0.4, 0.5) is 0 Å². The van der Waals surface area contributed by atoms with E-state index in [1.165, 1.54) is 15.6 Å². The van der Waals surface area contributed by atoms with Crippen LogP contribution in [0.15, 0.2) is 34.5 Å². The number of nitrogens with one attached hydrogen (secondary N) is 1. The number of hydrogen-bond donors (Lipinski definition) is 1. The van der Waals surface area contributed by atoms with Gasteiger partial charge in [0, 0.05) is 53.4 Å². The molecule has 32 heavy (non-hydrogen) atoms. The van der Waals surface area contributed by atoms with Crippen LogP contribution >= 0.6 is 22.9 Å². The number of aromatic amines is 1. The van der Waals surface area contributed by atoms with Gasteiger partial charge in [0.1, 0.15) is 5.03 Å². The highest BCUT2D eigenvalue weighted by Crippen LogP contribution is 2.30. The molecule has 1 aliphatic heterocycles. The van der Waals surface area contributed by atoms with Crippen molar-refractivity contribution in [2.24, 2.45) is 5.18 Å². The van der Waals surface area contributed by atoms with E-state index in [0.717, 1.165) is 16.0 Å². The van der Waals surface area contributed by atoms with Crippen molar-refractivity contribution in [2.45, 2.75) is 30.3 Å². The summed E-state index contributed by atoms with van der Waals surface area (Å²) in [7, 11) is -3.72. The largest absolute Gasteiger partial charge is 0.345 e. The average Bonchev–Trinajstić information content (AvgIpc) is 3.42. The van der Waals surface area contributed by atoms with E-state index in [9.17, 15) is 18.1 Å². The number of thiazole rings is 1.